The number of aryl methyl sites for hydroxylation is 1. The predicted molar refractivity (Wildman–Crippen MR) is 100 cm³/mol. The number of aliphatic hydroxyl groups is 1. The molecule has 2 unspecified atom stereocenters. The average molecular weight is 377 g/mol. The number of thioether (sulfide) groups is 1. The van der Waals surface area contributed by atoms with Gasteiger partial charge in [-0.2, -0.15) is 0 Å². The fraction of sp³-hybridized carbons (Fsp3) is 0.500. The summed E-state index contributed by atoms with van der Waals surface area (Å²) in [5.74, 6) is 1.79. The SMILES string of the molecule is CSc1nc2ncnc(N3CCCC(C(O)c4nccn4C)C3)c2s1. The van der Waals surface area contributed by atoms with E-state index in [0.29, 0.717) is 0 Å². The second kappa shape index (κ2) is 6.89. The molecule has 0 spiro atoms. The third-order valence-corrected chi connectivity index (χ3v) is 6.68. The maximum Gasteiger partial charge on any atom is 0.176 e. The third kappa shape index (κ3) is 3.11. The summed E-state index contributed by atoms with van der Waals surface area (Å²) in [6, 6.07) is 0. The monoisotopic (exact) mass is 376 g/mol. The zero-order valence-corrected chi connectivity index (χ0v) is 15.8. The third-order valence-electron chi connectivity index (χ3n) is 4.65. The lowest BCUT2D eigenvalue weighted by Gasteiger charge is -2.35. The van der Waals surface area contributed by atoms with E-state index >= 15 is 0 Å². The van der Waals surface area contributed by atoms with E-state index < -0.39 is 6.10 Å². The Balaban J connectivity index is 1.61. The van der Waals surface area contributed by atoms with Crippen molar-refractivity contribution in [3.05, 3.63) is 24.5 Å². The number of hydrogen-bond acceptors (Lipinski definition) is 8. The summed E-state index contributed by atoms with van der Waals surface area (Å²) < 4.78 is 3.91. The molecule has 132 valence electrons. The normalized spacial score (nSPS) is 19.5. The fourth-order valence-electron chi connectivity index (χ4n) is 3.37. The Morgan fingerprint density at radius 1 is 1.36 bits per heavy atom. The van der Waals surface area contributed by atoms with Gasteiger partial charge in [0.15, 0.2) is 15.8 Å². The molecule has 0 aromatic carbocycles. The van der Waals surface area contributed by atoms with Crippen molar-refractivity contribution in [2.45, 2.75) is 23.3 Å². The minimum atomic E-state index is -0.566. The van der Waals surface area contributed by atoms with Crippen LogP contribution in [0.4, 0.5) is 5.82 Å². The van der Waals surface area contributed by atoms with Crippen molar-refractivity contribution in [1.82, 2.24) is 24.5 Å². The Morgan fingerprint density at radius 3 is 3.00 bits per heavy atom. The van der Waals surface area contributed by atoms with E-state index in [2.05, 4.69) is 24.8 Å². The number of aromatic nitrogens is 5. The van der Waals surface area contributed by atoms with Gasteiger partial charge in [0, 0.05) is 38.4 Å². The number of piperidine rings is 1. The number of aliphatic hydroxyl groups excluding tert-OH is 1. The molecule has 1 N–H and O–H groups in total. The maximum absolute atomic E-state index is 10.8. The van der Waals surface area contributed by atoms with Gasteiger partial charge in [-0.25, -0.2) is 19.9 Å². The van der Waals surface area contributed by atoms with Gasteiger partial charge >= 0.3 is 0 Å². The van der Waals surface area contributed by atoms with Gasteiger partial charge in [0.1, 0.15) is 23.0 Å². The highest BCUT2D eigenvalue weighted by Crippen LogP contribution is 2.36. The molecular formula is C16H20N6OS2. The quantitative estimate of drug-likeness (QED) is 0.701. The molecule has 4 heterocycles. The fourth-order valence-corrected chi connectivity index (χ4v) is 4.90. The number of anilines is 1. The molecule has 1 aliphatic heterocycles. The minimum absolute atomic E-state index is 0.132. The average Bonchev–Trinajstić information content (AvgIpc) is 3.26. The first-order chi connectivity index (χ1) is 12.2. The summed E-state index contributed by atoms with van der Waals surface area (Å²) in [5.41, 5.74) is 0.756. The molecule has 3 aromatic rings. The summed E-state index contributed by atoms with van der Waals surface area (Å²) in [4.78, 5) is 19.9. The molecule has 0 amide bonds. The topological polar surface area (TPSA) is 80.0 Å². The summed E-state index contributed by atoms with van der Waals surface area (Å²) >= 11 is 3.26. The molecule has 9 heteroatoms. The number of fused-ring (bicyclic) bond motifs is 1. The zero-order chi connectivity index (χ0) is 17.4. The largest absolute Gasteiger partial charge is 0.385 e. The van der Waals surface area contributed by atoms with Crippen molar-refractivity contribution in [1.29, 1.82) is 0 Å². The molecular weight excluding hydrogens is 356 g/mol. The Kier molecular flexibility index (Phi) is 4.61. The van der Waals surface area contributed by atoms with Crippen molar-refractivity contribution in [2.24, 2.45) is 13.0 Å². The van der Waals surface area contributed by atoms with Crippen LogP contribution in [0.5, 0.6) is 0 Å². The zero-order valence-electron chi connectivity index (χ0n) is 14.2. The number of hydrogen-bond donors (Lipinski definition) is 1. The first kappa shape index (κ1) is 16.7. The smallest absolute Gasteiger partial charge is 0.176 e. The highest BCUT2D eigenvalue weighted by Gasteiger charge is 2.30. The minimum Gasteiger partial charge on any atom is -0.385 e. The first-order valence-electron chi connectivity index (χ1n) is 8.23. The Bertz CT molecular complexity index is 879. The predicted octanol–water partition coefficient (Wildman–Crippen LogP) is 2.49. The van der Waals surface area contributed by atoms with Crippen LogP contribution in [0.3, 0.4) is 0 Å². The lowest BCUT2D eigenvalue weighted by Crippen LogP contribution is -2.38. The van der Waals surface area contributed by atoms with E-state index in [-0.39, 0.29) is 5.92 Å². The summed E-state index contributed by atoms with van der Waals surface area (Å²) in [6.45, 7) is 1.69. The molecule has 2 atom stereocenters. The van der Waals surface area contributed by atoms with Crippen LogP contribution in [-0.2, 0) is 7.05 Å². The number of thiazole rings is 1. The second-order valence-electron chi connectivity index (χ2n) is 6.22. The molecule has 0 bridgehead atoms. The lowest BCUT2D eigenvalue weighted by atomic mass is 9.92. The Morgan fingerprint density at radius 2 is 2.24 bits per heavy atom. The van der Waals surface area contributed by atoms with Crippen molar-refractivity contribution >= 4 is 39.3 Å². The van der Waals surface area contributed by atoms with Gasteiger partial charge in [-0.15, -0.1) is 11.3 Å². The lowest BCUT2D eigenvalue weighted by molar-refractivity contribution is 0.0874. The molecule has 4 rings (SSSR count). The van der Waals surface area contributed by atoms with Crippen LogP contribution < -0.4 is 4.90 Å². The maximum atomic E-state index is 10.8. The highest BCUT2D eigenvalue weighted by atomic mass is 32.2. The van der Waals surface area contributed by atoms with Gasteiger partial charge in [0.2, 0.25) is 0 Å². The van der Waals surface area contributed by atoms with E-state index in [1.54, 1.807) is 35.6 Å². The first-order valence-corrected chi connectivity index (χ1v) is 10.3. The molecule has 7 nitrogen and oxygen atoms in total. The number of imidazole rings is 1. The molecule has 0 aliphatic carbocycles. The van der Waals surface area contributed by atoms with Crippen LogP contribution in [0.25, 0.3) is 10.3 Å². The van der Waals surface area contributed by atoms with E-state index in [0.717, 1.165) is 52.3 Å². The van der Waals surface area contributed by atoms with Crippen LogP contribution in [0.15, 0.2) is 23.1 Å². The van der Waals surface area contributed by atoms with Gasteiger partial charge in [-0.3, -0.25) is 0 Å². The number of rotatable bonds is 4. The van der Waals surface area contributed by atoms with E-state index in [1.807, 2.05) is 24.1 Å². The van der Waals surface area contributed by atoms with Crippen LogP contribution >= 0.6 is 23.1 Å². The standard InChI is InChI=1S/C16H20N6OS2/c1-21-7-5-17-14(21)11(23)10-4-3-6-22(8-10)15-12-13(18-9-19-15)20-16(24-2)25-12/h5,7,9-11,23H,3-4,6,8H2,1-2H3. The van der Waals surface area contributed by atoms with Crippen LogP contribution in [0.2, 0.25) is 0 Å². The Hall–Kier alpha value is -1.71. The van der Waals surface area contributed by atoms with Crippen molar-refractivity contribution in [2.75, 3.05) is 24.2 Å². The molecule has 1 saturated heterocycles. The van der Waals surface area contributed by atoms with Crippen molar-refractivity contribution < 1.29 is 5.11 Å². The van der Waals surface area contributed by atoms with Gasteiger partial charge in [-0.05, 0) is 19.1 Å². The molecule has 0 saturated carbocycles. The van der Waals surface area contributed by atoms with E-state index in [9.17, 15) is 5.11 Å². The number of nitrogens with zero attached hydrogens (tertiary/aromatic N) is 6. The molecule has 25 heavy (non-hydrogen) atoms. The molecule has 1 aliphatic rings. The van der Waals surface area contributed by atoms with Gasteiger partial charge in [-0.1, -0.05) is 11.8 Å². The van der Waals surface area contributed by atoms with Crippen LogP contribution in [-0.4, -0.2) is 49.0 Å². The Labute approximate surface area is 154 Å². The highest BCUT2D eigenvalue weighted by molar-refractivity contribution is 8.00. The van der Waals surface area contributed by atoms with Gasteiger partial charge < -0.3 is 14.6 Å². The van der Waals surface area contributed by atoms with Gasteiger partial charge in [0.25, 0.3) is 0 Å². The van der Waals surface area contributed by atoms with Gasteiger partial charge in [0.05, 0.1) is 0 Å². The van der Waals surface area contributed by atoms with Crippen LogP contribution in [0.1, 0.15) is 24.8 Å². The molecule has 1 fully saturated rings. The molecule has 0 radical (unpaired) electrons. The summed E-state index contributed by atoms with van der Waals surface area (Å²) in [5, 5.41) is 10.8. The van der Waals surface area contributed by atoms with Crippen molar-refractivity contribution in [3.63, 3.8) is 0 Å². The van der Waals surface area contributed by atoms with Crippen molar-refractivity contribution in [3.8, 4) is 0 Å². The van der Waals surface area contributed by atoms with Crippen LogP contribution in [0, 0.1) is 5.92 Å². The molecule has 3 aromatic heterocycles. The summed E-state index contributed by atoms with van der Waals surface area (Å²) in [7, 11) is 1.92. The summed E-state index contributed by atoms with van der Waals surface area (Å²) in [6.07, 6.45) is 8.64. The van der Waals surface area contributed by atoms with E-state index in [4.69, 9.17) is 0 Å². The van der Waals surface area contributed by atoms with E-state index in [1.165, 1.54) is 0 Å². The second-order valence-corrected chi connectivity index (χ2v) is 8.28.